The number of alkyl halides is 3. The Hall–Kier alpha value is -2.32. The van der Waals surface area contributed by atoms with Gasteiger partial charge >= 0.3 is 6.36 Å². The van der Waals surface area contributed by atoms with Crippen LogP contribution >= 0.6 is 0 Å². The number of benzene rings is 1. The number of halogens is 3. The molecule has 1 atom stereocenters. The lowest BCUT2D eigenvalue weighted by Crippen LogP contribution is -2.33. The van der Waals surface area contributed by atoms with Crippen LogP contribution in [0.15, 0.2) is 48.1 Å². The highest BCUT2D eigenvalue weighted by molar-refractivity contribution is 5.91. The van der Waals surface area contributed by atoms with Gasteiger partial charge < -0.3 is 14.8 Å². The van der Waals surface area contributed by atoms with Crippen LogP contribution in [-0.4, -0.2) is 50.0 Å². The number of rotatable bonds is 11. The van der Waals surface area contributed by atoms with Crippen molar-refractivity contribution in [3.05, 3.63) is 48.1 Å². The predicted octanol–water partition coefficient (Wildman–Crippen LogP) is 4.77. The van der Waals surface area contributed by atoms with Crippen LogP contribution in [0.5, 0.6) is 5.75 Å². The second-order valence-electron chi connectivity index (χ2n) is 6.70. The summed E-state index contributed by atoms with van der Waals surface area (Å²) in [5.74, 6) is -0.723. The van der Waals surface area contributed by atoms with Crippen LogP contribution in [0.3, 0.4) is 0 Å². The lowest BCUT2D eigenvalue weighted by atomic mass is 10.2. The zero-order chi connectivity index (χ0) is 21.9. The monoisotopic (exact) mass is 414 g/mol. The van der Waals surface area contributed by atoms with E-state index in [4.69, 9.17) is 4.74 Å². The quantitative estimate of drug-likeness (QED) is 0.530. The van der Waals surface area contributed by atoms with E-state index in [-0.39, 0.29) is 24.4 Å². The van der Waals surface area contributed by atoms with Gasteiger partial charge in [0.2, 0.25) is 5.91 Å². The van der Waals surface area contributed by atoms with E-state index < -0.39 is 6.36 Å². The Morgan fingerprint density at radius 2 is 1.93 bits per heavy atom. The minimum atomic E-state index is -4.75. The third kappa shape index (κ3) is 11.3. The molecule has 0 bridgehead atoms. The lowest BCUT2D eigenvalue weighted by molar-refractivity contribution is -0.274. The van der Waals surface area contributed by atoms with E-state index >= 15 is 0 Å². The molecule has 1 unspecified atom stereocenters. The number of anilines is 1. The Morgan fingerprint density at radius 3 is 2.48 bits per heavy atom. The fourth-order valence-corrected chi connectivity index (χ4v) is 2.58. The fourth-order valence-electron chi connectivity index (χ4n) is 2.58. The van der Waals surface area contributed by atoms with E-state index in [0.29, 0.717) is 12.2 Å². The van der Waals surface area contributed by atoms with Gasteiger partial charge in [-0.15, -0.1) is 13.2 Å². The molecule has 0 aliphatic rings. The Kier molecular flexibility index (Phi) is 10.5. The molecule has 1 aromatic rings. The molecule has 1 amide bonds. The molecule has 0 aliphatic heterocycles. The van der Waals surface area contributed by atoms with Crippen LogP contribution in [0.25, 0.3) is 0 Å². The van der Waals surface area contributed by atoms with E-state index in [1.165, 1.54) is 17.7 Å². The van der Waals surface area contributed by atoms with Crippen molar-refractivity contribution in [2.75, 3.05) is 32.1 Å². The van der Waals surface area contributed by atoms with Gasteiger partial charge in [-0.1, -0.05) is 30.7 Å². The molecule has 0 aliphatic carbocycles. The third-order valence-corrected chi connectivity index (χ3v) is 3.88. The van der Waals surface area contributed by atoms with Crippen molar-refractivity contribution in [2.24, 2.45) is 0 Å². The molecule has 0 radical (unpaired) electrons. The average molecular weight is 414 g/mol. The van der Waals surface area contributed by atoms with Crippen LogP contribution in [0.4, 0.5) is 18.9 Å². The van der Waals surface area contributed by atoms with Gasteiger partial charge in [-0.25, -0.2) is 0 Å². The van der Waals surface area contributed by atoms with Crippen molar-refractivity contribution in [1.29, 1.82) is 0 Å². The smallest absolute Gasteiger partial charge is 0.406 e. The summed E-state index contributed by atoms with van der Waals surface area (Å²) in [6.07, 6.45) is 1.90. The standard InChI is InChI=1S/C21H29F3N2O3/c1-5-7-8-16(3)13-26(4)14-18(6-2)28-15-20(27)25-17-9-11-19(12-10-17)29-21(22,23)24/h5,7-12,18H,6,13-15H2,1-4H3,(H,25,27)/b7-5-,16-8+. The number of likely N-dealkylation sites (N-methyl/N-ethyl adjacent to an activating group) is 1. The zero-order valence-corrected chi connectivity index (χ0v) is 17.3. The van der Waals surface area contributed by atoms with Gasteiger partial charge in [-0.05, 0) is 51.6 Å². The first-order chi connectivity index (χ1) is 13.6. The van der Waals surface area contributed by atoms with Crippen LogP contribution in [-0.2, 0) is 9.53 Å². The molecular weight excluding hydrogens is 385 g/mol. The number of allylic oxidation sites excluding steroid dienone is 3. The van der Waals surface area contributed by atoms with Crippen molar-refractivity contribution in [3.63, 3.8) is 0 Å². The summed E-state index contributed by atoms with van der Waals surface area (Å²) in [5.41, 5.74) is 1.58. The maximum absolute atomic E-state index is 12.2. The molecule has 0 saturated heterocycles. The highest BCUT2D eigenvalue weighted by atomic mass is 19.4. The van der Waals surface area contributed by atoms with E-state index in [2.05, 4.69) is 28.0 Å². The van der Waals surface area contributed by atoms with Crippen LogP contribution in [0.1, 0.15) is 27.2 Å². The molecule has 0 fully saturated rings. The van der Waals surface area contributed by atoms with Crippen molar-refractivity contribution in [1.82, 2.24) is 4.90 Å². The van der Waals surface area contributed by atoms with Crippen LogP contribution in [0.2, 0.25) is 0 Å². The first-order valence-electron chi connectivity index (χ1n) is 9.37. The van der Waals surface area contributed by atoms with E-state index in [1.807, 2.05) is 33.0 Å². The van der Waals surface area contributed by atoms with Gasteiger partial charge in [0.15, 0.2) is 0 Å². The molecule has 162 valence electrons. The van der Waals surface area contributed by atoms with E-state index in [9.17, 15) is 18.0 Å². The summed E-state index contributed by atoms with van der Waals surface area (Å²) in [7, 11) is 1.99. The number of amides is 1. The number of carbonyl (C=O) groups is 1. The van der Waals surface area contributed by atoms with Crippen molar-refractivity contribution < 1.29 is 27.4 Å². The van der Waals surface area contributed by atoms with Gasteiger partial charge in [0, 0.05) is 18.8 Å². The Labute approximate surface area is 170 Å². The number of hydrogen-bond donors (Lipinski definition) is 1. The minimum absolute atomic E-state index is 0.108. The number of nitrogens with zero attached hydrogens (tertiary/aromatic N) is 1. The van der Waals surface area contributed by atoms with Gasteiger partial charge in [0.25, 0.3) is 0 Å². The fraction of sp³-hybridized carbons (Fsp3) is 0.476. The maximum Gasteiger partial charge on any atom is 0.573 e. The molecule has 1 aromatic carbocycles. The summed E-state index contributed by atoms with van der Waals surface area (Å²) in [6, 6.07) is 4.95. The molecule has 8 heteroatoms. The molecule has 1 rings (SSSR count). The largest absolute Gasteiger partial charge is 0.573 e. The molecule has 29 heavy (non-hydrogen) atoms. The Bertz CT molecular complexity index is 685. The van der Waals surface area contributed by atoms with Gasteiger partial charge in [-0.2, -0.15) is 0 Å². The lowest BCUT2D eigenvalue weighted by Gasteiger charge is -2.23. The van der Waals surface area contributed by atoms with E-state index in [1.54, 1.807) is 0 Å². The third-order valence-electron chi connectivity index (χ3n) is 3.88. The Morgan fingerprint density at radius 1 is 1.28 bits per heavy atom. The summed E-state index contributed by atoms with van der Waals surface area (Å²) in [6.45, 7) is 7.33. The summed E-state index contributed by atoms with van der Waals surface area (Å²) in [5, 5.41) is 2.59. The van der Waals surface area contributed by atoms with E-state index in [0.717, 1.165) is 25.1 Å². The number of ether oxygens (including phenoxy) is 2. The average Bonchev–Trinajstić information content (AvgIpc) is 2.63. The van der Waals surface area contributed by atoms with Gasteiger partial charge in [0.1, 0.15) is 12.4 Å². The number of carbonyl (C=O) groups excluding carboxylic acids is 1. The summed E-state index contributed by atoms with van der Waals surface area (Å²) < 4.78 is 46.0. The zero-order valence-electron chi connectivity index (χ0n) is 17.3. The second kappa shape index (κ2) is 12.3. The highest BCUT2D eigenvalue weighted by Gasteiger charge is 2.30. The SMILES string of the molecule is C/C=C\C=C(/C)CN(C)CC(CC)OCC(=O)Nc1ccc(OC(F)(F)F)cc1. The predicted molar refractivity (Wildman–Crippen MR) is 108 cm³/mol. The molecule has 0 saturated carbocycles. The number of nitrogens with one attached hydrogen (secondary N) is 1. The maximum atomic E-state index is 12.2. The minimum Gasteiger partial charge on any atom is -0.406 e. The second-order valence-corrected chi connectivity index (χ2v) is 6.70. The van der Waals surface area contributed by atoms with Crippen LogP contribution in [0, 0.1) is 0 Å². The molecule has 0 aromatic heterocycles. The normalized spacial score (nSPS) is 13.7. The van der Waals surface area contributed by atoms with Gasteiger partial charge in [-0.3, -0.25) is 9.69 Å². The number of hydrogen-bond acceptors (Lipinski definition) is 4. The topological polar surface area (TPSA) is 50.8 Å². The molecule has 0 spiro atoms. The van der Waals surface area contributed by atoms with Crippen LogP contribution < -0.4 is 10.1 Å². The van der Waals surface area contributed by atoms with Crippen molar-refractivity contribution in [3.8, 4) is 5.75 Å². The summed E-state index contributed by atoms with van der Waals surface area (Å²) in [4.78, 5) is 14.2. The summed E-state index contributed by atoms with van der Waals surface area (Å²) >= 11 is 0. The first-order valence-corrected chi connectivity index (χ1v) is 9.37. The first kappa shape index (κ1) is 24.7. The molecule has 0 heterocycles. The highest BCUT2D eigenvalue weighted by Crippen LogP contribution is 2.23. The van der Waals surface area contributed by atoms with Gasteiger partial charge in [0.05, 0.1) is 6.10 Å². The van der Waals surface area contributed by atoms with Crippen molar-refractivity contribution in [2.45, 2.75) is 39.7 Å². The molecular formula is C21H29F3N2O3. The molecule has 5 nitrogen and oxygen atoms in total. The Balaban J connectivity index is 2.45. The van der Waals surface area contributed by atoms with Crippen molar-refractivity contribution >= 4 is 11.6 Å². The molecule has 1 N–H and O–H groups in total.